The number of hydrogen-bond acceptors (Lipinski definition) is 1. The molecular formula is C14H21ClFN. The van der Waals surface area contributed by atoms with Gasteiger partial charge in [-0.2, -0.15) is 0 Å². The molecule has 0 fully saturated rings. The van der Waals surface area contributed by atoms with E-state index in [1.54, 1.807) is 18.2 Å². The Bertz CT molecular complexity index is 371. The number of halogens is 2. The molecule has 1 unspecified atom stereocenters. The van der Waals surface area contributed by atoms with Crippen molar-refractivity contribution < 1.29 is 4.39 Å². The van der Waals surface area contributed by atoms with Crippen LogP contribution in [0.2, 0.25) is 5.02 Å². The summed E-state index contributed by atoms with van der Waals surface area (Å²) in [5.74, 6) is -0.333. The van der Waals surface area contributed by atoms with Gasteiger partial charge in [0.05, 0.1) is 5.02 Å². The predicted molar refractivity (Wildman–Crippen MR) is 71.8 cm³/mol. The van der Waals surface area contributed by atoms with Crippen molar-refractivity contribution in [1.82, 2.24) is 0 Å². The molecule has 1 aromatic carbocycles. The van der Waals surface area contributed by atoms with Crippen LogP contribution in [-0.2, 0) is 6.42 Å². The van der Waals surface area contributed by atoms with Crippen molar-refractivity contribution in [3.8, 4) is 0 Å². The lowest BCUT2D eigenvalue weighted by Crippen LogP contribution is -2.25. The first kappa shape index (κ1) is 14.5. The summed E-state index contributed by atoms with van der Waals surface area (Å²) in [6.07, 6.45) is 2.48. The Morgan fingerprint density at radius 1 is 1.35 bits per heavy atom. The quantitative estimate of drug-likeness (QED) is 0.861. The van der Waals surface area contributed by atoms with E-state index in [0.717, 1.165) is 12.8 Å². The molecule has 0 aliphatic heterocycles. The zero-order chi connectivity index (χ0) is 13.1. The highest BCUT2D eigenvalue weighted by Gasteiger charge is 2.15. The third kappa shape index (κ3) is 5.05. The number of nitrogens with two attached hydrogens (primary N) is 1. The van der Waals surface area contributed by atoms with Gasteiger partial charge in [0.25, 0.3) is 0 Å². The molecule has 1 aromatic rings. The maximum Gasteiger partial charge on any atom is 0.145 e. The van der Waals surface area contributed by atoms with Crippen LogP contribution in [0.5, 0.6) is 0 Å². The van der Waals surface area contributed by atoms with Gasteiger partial charge in [0.15, 0.2) is 0 Å². The van der Waals surface area contributed by atoms with E-state index in [9.17, 15) is 4.39 Å². The molecule has 0 aliphatic rings. The molecule has 0 amide bonds. The second kappa shape index (κ2) is 5.83. The van der Waals surface area contributed by atoms with Crippen molar-refractivity contribution in [2.75, 3.05) is 0 Å². The first-order valence-corrected chi connectivity index (χ1v) is 6.36. The van der Waals surface area contributed by atoms with Gasteiger partial charge in [-0.1, -0.05) is 44.5 Å². The summed E-state index contributed by atoms with van der Waals surface area (Å²) in [5, 5.41) is 0.172. The molecule has 1 rings (SSSR count). The molecule has 0 heterocycles. The number of benzene rings is 1. The molecule has 0 radical (unpaired) electrons. The topological polar surface area (TPSA) is 26.0 Å². The van der Waals surface area contributed by atoms with Crippen molar-refractivity contribution in [2.45, 2.75) is 46.1 Å². The van der Waals surface area contributed by atoms with Crippen molar-refractivity contribution in [3.05, 3.63) is 34.6 Å². The summed E-state index contributed by atoms with van der Waals surface area (Å²) < 4.78 is 13.6. The minimum atomic E-state index is -0.333. The van der Waals surface area contributed by atoms with E-state index in [1.165, 1.54) is 0 Å². The largest absolute Gasteiger partial charge is 0.327 e. The highest BCUT2D eigenvalue weighted by molar-refractivity contribution is 6.30. The minimum Gasteiger partial charge on any atom is -0.327 e. The van der Waals surface area contributed by atoms with Crippen molar-refractivity contribution in [3.63, 3.8) is 0 Å². The third-order valence-electron chi connectivity index (χ3n) is 2.78. The van der Waals surface area contributed by atoms with Crippen LogP contribution in [0.1, 0.15) is 39.2 Å². The first-order valence-electron chi connectivity index (χ1n) is 5.98. The zero-order valence-electron chi connectivity index (χ0n) is 10.8. The van der Waals surface area contributed by atoms with Gasteiger partial charge in [0, 0.05) is 6.04 Å². The number of rotatable bonds is 4. The molecule has 0 aliphatic carbocycles. The second-order valence-electron chi connectivity index (χ2n) is 5.78. The van der Waals surface area contributed by atoms with E-state index in [1.807, 2.05) is 0 Å². The van der Waals surface area contributed by atoms with Crippen LogP contribution in [0.4, 0.5) is 4.39 Å². The van der Waals surface area contributed by atoms with Gasteiger partial charge in [-0.05, 0) is 36.3 Å². The van der Waals surface area contributed by atoms with Crippen LogP contribution in [0.25, 0.3) is 0 Å². The Kier molecular flexibility index (Phi) is 4.96. The Morgan fingerprint density at radius 3 is 2.59 bits per heavy atom. The third-order valence-corrected chi connectivity index (χ3v) is 3.07. The predicted octanol–water partition coefficient (Wildman–Crippen LogP) is 4.18. The summed E-state index contributed by atoms with van der Waals surface area (Å²) in [6.45, 7) is 6.54. The van der Waals surface area contributed by atoms with Gasteiger partial charge in [0.1, 0.15) is 5.82 Å². The molecular weight excluding hydrogens is 237 g/mol. The normalized spacial score (nSPS) is 13.8. The average molecular weight is 258 g/mol. The zero-order valence-corrected chi connectivity index (χ0v) is 11.5. The van der Waals surface area contributed by atoms with Crippen LogP contribution in [0.15, 0.2) is 18.2 Å². The number of hydrogen-bond donors (Lipinski definition) is 1. The van der Waals surface area contributed by atoms with Crippen molar-refractivity contribution in [2.24, 2.45) is 11.1 Å². The summed E-state index contributed by atoms with van der Waals surface area (Å²) in [7, 11) is 0. The van der Waals surface area contributed by atoms with E-state index >= 15 is 0 Å². The smallest absolute Gasteiger partial charge is 0.145 e. The van der Waals surface area contributed by atoms with Gasteiger partial charge >= 0.3 is 0 Å². The Balaban J connectivity index is 2.56. The minimum absolute atomic E-state index is 0.0119. The van der Waals surface area contributed by atoms with Crippen molar-refractivity contribution >= 4 is 11.6 Å². The summed E-state index contributed by atoms with van der Waals surface area (Å²) in [5.41, 5.74) is 6.90. The van der Waals surface area contributed by atoms with Crippen LogP contribution >= 0.6 is 11.6 Å². The molecule has 0 bridgehead atoms. The maximum absolute atomic E-state index is 13.6. The van der Waals surface area contributed by atoms with Gasteiger partial charge in [-0.3, -0.25) is 0 Å². The van der Waals surface area contributed by atoms with Crippen LogP contribution < -0.4 is 5.73 Å². The van der Waals surface area contributed by atoms with Gasteiger partial charge in [0.2, 0.25) is 0 Å². The highest BCUT2D eigenvalue weighted by atomic mass is 35.5. The summed E-state index contributed by atoms with van der Waals surface area (Å²) >= 11 is 5.73. The lowest BCUT2D eigenvalue weighted by molar-refractivity contribution is 0.346. The molecule has 1 nitrogen and oxygen atoms in total. The van der Waals surface area contributed by atoms with E-state index in [-0.39, 0.29) is 22.3 Å². The molecule has 2 N–H and O–H groups in total. The fourth-order valence-corrected chi connectivity index (χ4v) is 1.90. The van der Waals surface area contributed by atoms with Crippen LogP contribution in [0, 0.1) is 11.2 Å². The summed E-state index contributed by atoms with van der Waals surface area (Å²) in [4.78, 5) is 0. The fraction of sp³-hybridized carbons (Fsp3) is 0.571. The summed E-state index contributed by atoms with van der Waals surface area (Å²) in [6, 6.07) is 5.05. The first-order chi connectivity index (χ1) is 7.79. The molecule has 0 aromatic heterocycles. The molecule has 96 valence electrons. The van der Waals surface area contributed by atoms with E-state index in [2.05, 4.69) is 20.8 Å². The Hall–Kier alpha value is -0.600. The molecule has 1 atom stereocenters. The molecule has 0 spiro atoms. The monoisotopic (exact) mass is 257 g/mol. The maximum atomic E-state index is 13.6. The SMILES string of the molecule is CC(C)(C)CCC(N)Cc1cccc(Cl)c1F. The van der Waals surface area contributed by atoms with Crippen LogP contribution in [0.3, 0.4) is 0 Å². The molecule has 3 heteroatoms. The van der Waals surface area contributed by atoms with E-state index < -0.39 is 0 Å². The average Bonchev–Trinajstić information content (AvgIpc) is 2.21. The standard InChI is InChI=1S/C14H21ClFN/c1-14(2,3)8-7-11(17)9-10-5-4-6-12(15)13(10)16/h4-6,11H,7-9,17H2,1-3H3. The highest BCUT2D eigenvalue weighted by Crippen LogP contribution is 2.23. The fourth-order valence-electron chi connectivity index (χ4n) is 1.71. The van der Waals surface area contributed by atoms with E-state index in [4.69, 9.17) is 17.3 Å². The van der Waals surface area contributed by atoms with Gasteiger partial charge < -0.3 is 5.73 Å². The van der Waals surface area contributed by atoms with Crippen LogP contribution in [-0.4, -0.2) is 6.04 Å². The lowest BCUT2D eigenvalue weighted by atomic mass is 9.87. The van der Waals surface area contributed by atoms with Gasteiger partial charge in [-0.15, -0.1) is 0 Å². The Labute approximate surface area is 108 Å². The lowest BCUT2D eigenvalue weighted by Gasteiger charge is -2.21. The Morgan fingerprint density at radius 2 is 2.00 bits per heavy atom. The second-order valence-corrected chi connectivity index (χ2v) is 6.18. The van der Waals surface area contributed by atoms with Crippen molar-refractivity contribution in [1.29, 1.82) is 0 Å². The van der Waals surface area contributed by atoms with Gasteiger partial charge in [-0.25, -0.2) is 4.39 Å². The molecule has 0 saturated heterocycles. The molecule has 0 saturated carbocycles. The van der Waals surface area contributed by atoms with E-state index in [0.29, 0.717) is 12.0 Å². The molecule has 17 heavy (non-hydrogen) atoms.